The SMILES string of the molecule is CCCC1O[C@@H](OC)C(CC)C(CC)[C@H]1C. The third-order valence-electron chi connectivity index (χ3n) is 4.22. The topological polar surface area (TPSA) is 18.5 Å². The number of hydrogen-bond donors (Lipinski definition) is 0. The molecule has 1 aliphatic rings. The van der Waals surface area contributed by atoms with E-state index in [1.165, 1.54) is 12.8 Å². The quantitative estimate of drug-likeness (QED) is 0.711. The van der Waals surface area contributed by atoms with Crippen LogP contribution in [0.25, 0.3) is 0 Å². The van der Waals surface area contributed by atoms with Crippen LogP contribution >= 0.6 is 0 Å². The van der Waals surface area contributed by atoms with E-state index in [1.54, 1.807) is 7.11 Å². The highest BCUT2D eigenvalue weighted by molar-refractivity contribution is 4.85. The zero-order chi connectivity index (χ0) is 12.1. The van der Waals surface area contributed by atoms with Crippen molar-refractivity contribution in [1.29, 1.82) is 0 Å². The normalized spacial score (nSPS) is 39.9. The lowest BCUT2D eigenvalue weighted by Gasteiger charge is -2.45. The highest BCUT2D eigenvalue weighted by Crippen LogP contribution is 2.40. The summed E-state index contributed by atoms with van der Waals surface area (Å²) in [6, 6.07) is 0. The van der Waals surface area contributed by atoms with Crippen LogP contribution < -0.4 is 0 Å². The molecule has 1 rings (SSSR count). The van der Waals surface area contributed by atoms with Gasteiger partial charge in [0, 0.05) is 13.0 Å². The molecular weight excluding hydrogens is 200 g/mol. The minimum Gasteiger partial charge on any atom is -0.356 e. The van der Waals surface area contributed by atoms with E-state index in [0.717, 1.165) is 18.8 Å². The van der Waals surface area contributed by atoms with E-state index >= 15 is 0 Å². The predicted octanol–water partition coefficient (Wildman–Crippen LogP) is 3.85. The molecule has 0 aromatic carbocycles. The standard InChI is InChI=1S/C14H28O2/c1-6-9-13-10(4)11(7-2)12(8-3)14(15-5)16-13/h10-14H,6-9H2,1-5H3/t10-,11?,12?,13?,14-/m1/s1. The summed E-state index contributed by atoms with van der Waals surface area (Å²) in [6.07, 6.45) is 5.15. The van der Waals surface area contributed by atoms with E-state index in [-0.39, 0.29) is 6.29 Å². The van der Waals surface area contributed by atoms with Gasteiger partial charge in [-0.3, -0.25) is 0 Å². The number of rotatable bonds is 5. The Balaban J connectivity index is 2.76. The summed E-state index contributed by atoms with van der Waals surface area (Å²) in [7, 11) is 1.78. The van der Waals surface area contributed by atoms with Gasteiger partial charge in [0.05, 0.1) is 6.10 Å². The second kappa shape index (κ2) is 6.61. The highest BCUT2D eigenvalue weighted by Gasteiger charge is 2.41. The largest absolute Gasteiger partial charge is 0.356 e. The molecule has 0 N–H and O–H groups in total. The van der Waals surface area contributed by atoms with E-state index in [0.29, 0.717) is 17.9 Å². The molecule has 1 heterocycles. The van der Waals surface area contributed by atoms with Gasteiger partial charge in [0.25, 0.3) is 0 Å². The first-order valence-corrected chi connectivity index (χ1v) is 6.87. The van der Waals surface area contributed by atoms with Crippen LogP contribution in [0.2, 0.25) is 0 Å². The van der Waals surface area contributed by atoms with Gasteiger partial charge < -0.3 is 9.47 Å². The third-order valence-corrected chi connectivity index (χ3v) is 4.22. The van der Waals surface area contributed by atoms with Crippen LogP contribution in [0.4, 0.5) is 0 Å². The molecular formula is C14H28O2. The first kappa shape index (κ1) is 14.0. The molecule has 0 bridgehead atoms. The van der Waals surface area contributed by atoms with Crippen molar-refractivity contribution in [2.24, 2.45) is 17.8 Å². The minimum absolute atomic E-state index is 0.0164. The fourth-order valence-corrected chi connectivity index (χ4v) is 3.28. The van der Waals surface area contributed by atoms with Crippen molar-refractivity contribution in [3.05, 3.63) is 0 Å². The molecule has 2 heteroatoms. The second-order valence-electron chi connectivity index (χ2n) is 5.07. The summed E-state index contributed by atoms with van der Waals surface area (Å²) in [5.74, 6) is 1.99. The van der Waals surface area contributed by atoms with Crippen LogP contribution in [0, 0.1) is 17.8 Å². The van der Waals surface area contributed by atoms with Gasteiger partial charge in [0.2, 0.25) is 0 Å². The molecule has 1 fully saturated rings. The van der Waals surface area contributed by atoms with E-state index in [9.17, 15) is 0 Å². The average Bonchev–Trinajstić information content (AvgIpc) is 2.31. The van der Waals surface area contributed by atoms with Gasteiger partial charge in [-0.2, -0.15) is 0 Å². The molecule has 1 aliphatic heterocycles. The lowest BCUT2D eigenvalue weighted by Crippen LogP contribution is -2.47. The highest BCUT2D eigenvalue weighted by atomic mass is 16.7. The Bertz CT molecular complexity index is 193. The van der Waals surface area contributed by atoms with Crippen LogP contribution in [0.15, 0.2) is 0 Å². The molecule has 0 aromatic heterocycles. The molecule has 0 radical (unpaired) electrons. The summed E-state index contributed by atoms with van der Waals surface area (Å²) in [5.41, 5.74) is 0. The molecule has 2 nitrogen and oxygen atoms in total. The summed E-state index contributed by atoms with van der Waals surface area (Å²) >= 11 is 0. The van der Waals surface area contributed by atoms with Gasteiger partial charge in [-0.25, -0.2) is 0 Å². The van der Waals surface area contributed by atoms with Crippen LogP contribution in [-0.4, -0.2) is 19.5 Å². The summed E-state index contributed by atoms with van der Waals surface area (Å²) in [4.78, 5) is 0. The summed E-state index contributed by atoms with van der Waals surface area (Å²) in [5, 5.41) is 0. The molecule has 0 aromatic rings. The molecule has 0 spiro atoms. The molecule has 16 heavy (non-hydrogen) atoms. The molecule has 96 valence electrons. The summed E-state index contributed by atoms with van der Waals surface area (Å²) in [6.45, 7) is 9.12. The maximum Gasteiger partial charge on any atom is 0.160 e. The molecule has 3 unspecified atom stereocenters. The molecule has 5 atom stereocenters. The van der Waals surface area contributed by atoms with Crippen LogP contribution in [-0.2, 0) is 9.47 Å². The number of methoxy groups -OCH3 is 1. The van der Waals surface area contributed by atoms with E-state index < -0.39 is 0 Å². The van der Waals surface area contributed by atoms with Crippen LogP contribution in [0.5, 0.6) is 0 Å². The van der Waals surface area contributed by atoms with Crippen molar-refractivity contribution in [1.82, 2.24) is 0 Å². The van der Waals surface area contributed by atoms with Crippen molar-refractivity contribution in [3.63, 3.8) is 0 Å². The van der Waals surface area contributed by atoms with Gasteiger partial charge in [0.15, 0.2) is 6.29 Å². The van der Waals surface area contributed by atoms with E-state index in [2.05, 4.69) is 27.7 Å². The Kier molecular flexibility index (Phi) is 5.77. The van der Waals surface area contributed by atoms with Crippen molar-refractivity contribution < 1.29 is 9.47 Å². The second-order valence-corrected chi connectivity index (χ2v) is 5.07. The predicted molar refractivity (Wildman–Crippen MR) is 67.3 cm³/mol. The number of hydrogen-bond acceptors (Lipinski definition) is 2. The Morgan fingerprint density at radius 1 is 1.06 bits per heavy atom. The minimum atomic E-state index is 0.0164. The molecule has 0 aliphatic carbocycles. The Morgan fingerprint density at radius 3 is 2.12 bits per heavy atom. The molecule has 0 amide bonds. The molecule has 0 saturated carbocycles. The first-order valence-electron chi connectivity index (χ1n) is 6.87. The third kappa shape index (κ3) is 2.78. The lowest BCUT2D eigenvalue weighted by atomic mass is 9.73. The summed E-state index contributed by atoms with van der Waals surface area (Å²) < 4.78 is 11.6. The Morgan fingerprint density at radius 2 is 1.69 bits per heavy atom. The van der Waals surface area contributed by atoms with E-state index in [1.807, 2.05) is 0 Å². The first-order chi connectivity index (χ1) is 7.69. The van der Waals surface area contributed by atoms with Crippen LogP contribution in [0.3, 0.4) is 0 Å². The Hall–Kier alpha value is -0.0800. The fraction of sp³-hybridized carbons (Fsp3) is 1.00. The van der Waals surface area contributed by atoms with E-state index in [4.69, 9.17) is 9.47 Å². The smallest absolute Gasteiger partial charge is 0.160 e. The van der Waals surface area contributed by atoms with Crippen LogP contribution in [0.1, 0.15) is 53.4 Å². The van der Waals surface area contributed by atoms with Gasteiger partial charge in [-0.15, -0.1) is 0 Å². The maximum absolute atomic E-state index is 6.10. The van der Waals surface area contributed by atoms with Gasteiger partial charge in [-0.05, 0) is 24.7 Å². The Labute approximate surface area is 101 Å². The van der Waals surface area contributed by atoms with Crippen molar-refractivity contribution in [2.45, 2.75) is 65.8 Å². The monoisotopic (exact) mass is 228 g/mol. The molecule has 1 saturated heterocycles. The zero-order valence-corrected chi connectivity index (χ0v) is 11.5. The average molecular weight is 228 g/mol. The van der Waals surface area contributed by atoms with Crippen molar-refractivity contribution in [2.75, 3.05) is 7.11 Å². The lowest BCUT2D eigenvalue weighted by molar-refractivity contribution is -0.245. The van der Waals surface area contributed by atoms with Gasteiger partial charge >= 0.3 is 0 Å². The number of ether oxygens (including phenoxy) is 2. The zero-order valence-electron chi connectivity index (χ0n) is 11.5. The van der Waals surface area contributed by atoms with Crippen molar-refractivity contribution >= 4 is 0 Å². The fourth-order valence-electron chi connectivity index (χ4n) is 3.28. The van der Waals surface area contributed by atoms with Gasteiger partial charge in [0.1, 0.15) is 0 Å². The maximum atomic E-state index is 6.10. The van der Waals surface area contributed by atoms with Gasteiger partial charge in [-0.1, -0.05) is 40.5 Å². The van der Waals surface area contributed by atoms with Crippen molar-refractivity contribution in [3.8, 4) is 0 Å².